The molecule has 0 radical (unpaired) electrons. The molecule has 0 spiro atoms. The van der Waals surface area contributed by atoms with Crippen molar-refractivity contribution in [3.05, 3.63) is 64.7 Å². The van der Waals surface area contributed by atoms with Crippen molar-refractivity contribution in [1.29, 1.82) is 0 Å². The van der Waals surface area contributed by atoms with E-state index in [9.17, 15) is 33.8 Å². The molecule has 3 rings (SSSR count). The number of hydrogen-bond acceptors (Lipinski definition) is 5. The first kappa shape index (κ1) is 22.0. The van der Waals surface area contributed by atoms with E-state index in [2.05, 4.69) is 0 Å². The van der Waals surface area contributed by atoms with Gasteiger partial charge in [0.1, 0.15) is 20.9 Å². The van der Waals surface area contributed by atoms with Crippen LogP contribution < -0.4 is 9.79 Å². The summed E-state index contributed by atoms with van der Waals surface area (Å²) in [6, 6.07) is 12.6. The zero-order chi connectivity index (χ0) is 21.6. The van der Waals surface area contributed by atoms with Crippen molar-refractivity contribution in [2.24, 2.45) is 0 Å². The van der Waals surface area contributed by atoms with Gasteiger partial charge < -0.3 is 33.8 Å². The highest BCUT2D eigenvalue weighted by atomic mass is 31.2. The first-order valence-electron chi connectivity index (χ1n) is 9.07. The lowest BCUT2D eigenvalue weighted by atomic mass is 9.87. The molecule has 0 bridgehead atoms. The number of phenols is 1. The van der Waals surface area contributed by atoms with E-state index in [1.54, 1.807) is 18.2 Å². The zero-order valence-corrected chi connectivity index (χ0v) is 17.8. The molecule has 29 heavy (non-hydrogen) atoms. The van der Waals surface area contributed by atoms with Crippen LogP contribution in [0.2, 0.25) is 0 Å². The monoisotopic (exact) mass is 436 g/mol. The first-order chi connectivity index (χ1) is 13.4. The SMILES string of the molecule is CC1=C(c2ccc(C)cc2)C(CCC(P(=O)([O-])O)P(=O)([O-])O)c2cc(O)ccc21. The highest BCUT2D eigenvalue weighted by molar-refractivity contribution is 7.69. The highest BCUT2D eigenvalue weighted by Crippen LogP contribution is 2.59. The molecule has 0 amide bonds. The lowest BCUT2D eigenvalue weighted by Crippen LogP contribution is -2.23. The Hall–Kier alpha value is -1.72. The van der Waals surface area contributed by atoms with Crippen LogP contribution in [0, 0.1) is 6.92 Å². The molecular weight excluding hydrogens is 414 g/mol. The van der Waals surface area contributed by atoms with Crippen LogP contribution in [0.5, 0.6) is 5.75 Å². The quantitative estimate of drug-likeness (QED) is 0.591. The van der Waals surface area contributed by atoms with Crippen LogP contribution in [0.15, 0.2) is 42.5 Å². The standard InChI is InChI=1S/C20H24O7P2/c1-12-3-5-14(6-4-12)20-13(2)16-8-7-15(21)11-18(16)17(20)9-10-19(28(22,23)24)29(25,26)27/h3-8,11,17,19,21H,9-10H2,1-2H3,(H2,22,23,24)(H2,25,26,27)/p-2. The molecule has 3 N–H and O–H groups in total. The van der Waals surface area contributed by atoms with Gasteiger partial charge in [-0.15, -0.1) is 0 Å². The van der Waals surface area contributed by atoms with E-state index in [1.165, 1.54) is 0 Å². The fourth-order valence-electron chi connectivity index (χ4n) is 4.02. The van der Waals surface area contributed by atoms with Crippen LogP contribution in [0.1, 0.15) is 47.9 Å². The molecule has 2 aromatic carbocycles. The number of phenolic OH excluding ortho intramolecular Hbond substituents is 1. The molecule has 2 aromatic rings. The van der Waals surface area contributed by atoms with Crippen LogP contribution in [-0.2, 0) is 9.13 Å². The van der Waals surface area contributed by atoms with Gasteiger partial charge in [0.2, 0.25) is 0 Å². The smallest absolute Gasteiger partial charge is 0.143 e. The van der Waals surface area contributed by atoms with Gasteiger partial charge >= 0.3 is 0 Å². The molecule has 0 fully saturated rings. The van der Waals surface area contributed by atoms with Gasteiger partial charge in [-0.1, -0.05) is 35.9 Å². The van der Waals surface area contributed by atoms with E-state index >= 15 is 0 Å². The highest BCUT2D eigenvalue weighted by Gasteiger charge is 2.35. The molecule has 7 nitrogen and oxygen atoms in total. The molecule has 0 saturated carbocycles. The van der Waals surface area contributed by atoms with Crippen LogP contribution in [0.3, 0.4) is 0 Å². The molecule has 3 atom stereocenters. The number of rotatable bonds is 6. The normalized spacial score (nSPS) is 21.4. The van der Waals surface area contributed by atoms with Crippen LogP contribution in [0.4, 0.5) is 0 Å². The predicted molar refractivity (Wildman–Crippen MR) is 107 cm³/mol. The maximum absolute atomic E-state index is 11.5. The fourth-order valence-corrected chi connectivity index (χ4v) is 6.44. The molecule has 156 valence electrons. The second-order valence-electron chi connectivity index (χ2n) is 7.42. The maximum atomic E-state index is 11.5. The van der Waals surface area contributed by atoms with Crippen molar-refractivity contribution in [2.75, 3.05) is 0 Å². The van der Waals surface area contributed by atoms with Gasteiger partial charge in [0, 0.05) is 5.92 Å². The van der Waals surface area contributed by atoms with Gasteiger partial charge in [0.15, 0.2) is 0 Å². The summed E-state index contributed by atoms with van der Waals surface area (Å²) in [5.74, 6) is -0.364. The molecule has 0 aromatic heterocycles. The van der Waals surface area contributed by atoms with Gasteiger partial charge in [-0.25, -0.2) is 0 Å². The van der Waals surface area contributed by atoms with Crippen molar-refractivity contribution < 1.29 is 33.8 Å². The van der Waals surface area contributed by atoms with E-state index in [4.69, 9.17) is 0 Å². The molecule has 1 aliphatic rings. The largest absolute Gasteiger partial charge is 0.778 e. The lowest BCUT2D eigenvalue weighted by Gasteiger charge is -2.34. The Balaban J connectivity index is 2.04. The maximum Gasteiger partial charge on any atom is 0.143 e. The van der Waals surface area contributed by atoms with Gasteiger partial charge in [0.25, 0.3) is 0 Å². The number of benzene rings is 2. The van der Waals surface area contributed by atoms with E-state index < -0.39 is 32.9 Å². The minimum atomic E-state index is -5.30. The summed E-state index contributed by atoms with van der Waals surface area (Å²) in [5.41, 5.74) is 5.42. The third kappa shape index (κ3) is 4.56. The van der Waals surface area contributed by atoms with Crippen molar-refractivity contribution in [2.45, 2.75) is 38.0 Å². The van der Waals surface area contributed by atoms with Crippen LogP contribution in [0.25, 0.3) is 11.1 Å². The molecule has 9 heteroatoms. The minimum Gasteiger partial charge on any atom is -0.778 e. The second kappa shape index (κ2) is 7.84. The molecular formula is C20H22O7P2-2. The van der Waals surface area contributed by atoms with Crippen molar-refractivity contribution in [3.8, 4) is 5.75 Å². The number of hydrogen-bond donors (Lipinski definition) is 3. The number of fused-ring (bicyclic) bond motifs is 1. The Kier molecular flexibility index (Phi) is 5.94. The third-order valence-corrected chi connectivity index (χ3v) is 9.17. The summed E-state index contributed by atoms with van der Waals surface area (Å²) in [6.07, 6.45) is -0.432. The Morgan fingerprint density at radius 1 is 1.00 bits per heavy atom. The van der Waals surface area contributed by atoms with Gasteiger partial charge in [-0.05, 0) is 66.7 Å². The Bertz CT molecular complexity index is 1020. The summed E-state index contributed by atoms with van der Waals surface area (Å²) >= 11 is 0. The summed E-state index contributed by atoms with van der Waals surface area (Å²) in [7, 11) is -10.6. The van der Waals surface area contributed by atoms with Crippen LogP contribution >= 0.6 is 15.2 Å². The third-order valence-electron chi connectivity index (χ3n) is 5.40. The number of aryl methyl sites for hydroxylation is 1. The van der Waals surface area contributed by atoms with Crippen molar-refractivity contribution in [1.82, 2.24) is 0 Å². The van der Waals surface area contributed by atoms with Crippen LogP contribution in [-0.4, -0.2) is 20.3 Å². The molecule has 1 aliphatic carbocycles. The van der Waals surface area contributed by atoms with E-state index in [0.717, 1.165) is 33.4 Å². The first-order valence-corrected chi connectivity index (χ1v) is 12.4. The molecule has 0 heterocycles. The molecule has 0 saturated heterocycles. The Labute approximate surface area is 169 Å². The summed E-state index contributed by atoms with van der Waals surface area (Å²) in [6.45, 7) is 3.87. The number of allylic oxidation sites excluding steroid dienone is 2. The molecule has 3 unspecified atom stereocenters. The topological polar surface area (TPSA) is 141 Å². The van der Waals surface area contributed by atoms with Gasteiger partial charge in [0.05, 0.1) is 5.40 Å². The lowest BCUT2D eigenvalue weighted by molar-refractivity contribution is -0.206. The van der Waals surface area contributed by atoms with Gasteiger partial charge in [-0.3, -0.25) is 0 Å². The van der Waals surface area contributed by atoms with E-state index in [1.807, 2.05) is 38.1 Å². The number of aromatic hydroxyl groups is 1. The molecule has 0 aliphatic heterocycles. The predicted octanol–water partition coefficient (Wildman–Crippen LogP) is 2.93. The summed E-state index contributed by atoms with van der Waals surface area (Å²) < 4.78 is 23.1. The van der Waals surface area contributed by atoms with Crippen molar-refractivity contribution in [3.63, 3.8) is 0 Å². The fraction of sp³-hybridized carbons (Fsp3) is 0.300. The summed E-state index contributed by atoms with van der Waals surface area (Å²) in [4.78, 5) is 41.7. The minimum absolute atomic E-state index is 0.0385. The van der Waals surface area contributed by atoms with Gasteiger partial charge in [-0.2, -0.15) is 0 Å². The van der Waals surface area contributed by atoms with E-state index in [-0.39, 0.29) is 12.2 Å². The summed E-state index contributed by atoms with van der Waals surface area (Å²) in [5, 5.41) is 7.67. The van der Waals surface area contributed by atoms with Crippen molar-refractivity contribution >= 4 is 26.3 Å². The van der Waals surface area contributed by atoms with E-state index in [0.29, 0.717) is 0 Å². The average molecular weight is 436 g/mol. The second-order valence-corrected chi connectivity index (χ2v) is 11.3. The zero-order valence-electron chi connectivity index (χ0n) is 16.0. The Morgan fingerprint density at radius 3 is 2.14 bits per heavy atom. The Morgan fingerprint density at radius 2 is 1.59 bits per heavy atom. The average Bonchev–Trinajstić information content (AvgIpc) is 2.85.